The third kappa shape index (κ3) is 6.78. The van der Waals surface area contributed by atoms with Gasteiger partial charge in [-0.25, -0.2) is 0 Å². The Balaban J connectivity index is 0.00000288. The van der Waals surface area contributed by atoms with Crippen molar-refractivity contribution in [2.24, 2.45) is 4.99 Å². The van der Waals surface area contributed by atoms with Crippen LogP contribution in [0.4, 0.5) is 0 Å². The standard InChI is InChI=1S/C18H26IN3O.HI/c1-3-4-7-12-21-18(20-2)22-13-10-15(11-14-22)23-17-9-6-5-8-16(17)19;/h3-6,8-9,15H,7,10-14H2,1-2H3,(H,20,21);1H/b4-3+;. The molecule has 134 valence electrons. The molecule has 1 aromatic rings. The van der Waals surface area contributed by atoms with Gasteiger partial charge in [-0.2, -0.15) is 0 Å². The number of hydrogen-bond donors (Lipinski definition) is 1. The summed E-state index contributed by atoms with van der Waals surface area (Å²) in [4.78, 5) is 6.72. The molecule has 0 spiro atoms. The number of allylic oxidation sites excluding steroid dienone is 1. The maximum atomic E-state index is 6.16. The van der Waals surface area contributed by atoms with E-state index >= 15 is 0 Å². The molecule has 2 rings (SSSR count). The Morgan fingerprint density at radius 1 is 1.38 bits per heavy atom. The summed E-state index contributed by atoms with van der Waals surface area (Å²) in [7, 11) is 1.85. The molecule has 24 heavy (non-hydrogen) atoms. The van der Waals surface area contributed by atoms with Gasteiger partial charge in [0, 0.05) is 39.5 Å². The zero-order valence-corrected chi connectivity index (χ0v) is 18.9. The maximum absolute atomic E-state index is 6.16. The Bertz CT molecular complexity index is 541. The van der Waals surface area contributed by atoms with Crippen LogP contribution in [0.25, 0.3) is 0 Å². The summed E-state index contributed by atoms with van der Waals surface area (Å²) in [6, 6.07) is 8.21. The molecule has 0 amide bonds. The lowest BCUT2D eigenvalue weighted by Crippen LogP contribution is -2.47. The summed E-state index contributed by atoms with van der Waals surface area (Å²) in [6.07, 6.45) is 7.63. The summed E-state index contributed by atoms with van der Waals surface area (Å²) in [5.74, 6) is 2.00. The van der Waals surface area contributed by atoms with Crippen molar-refractivity contribution in [2.45, 2.75) is 32.3 Å². The molecule has 0 saturated carbocycles. The molecule has 1 heterocycles. The Morgan fingerprint density at radius 3 is 2.71 bits per heavy atom. The van der Waals surface area contributed by atoms with Crippen LogP contribution in [0.3, 0.4) is 0 Å². The fourth-order valence-electron chi connectivity index (χ4n) is 2.67. The number of likely N-dealkylation sites (tertiary alicyclic amines) is 1. The van der Waals surface area contributed by atoms with Gasteiger partial charge in [0.1, 0.15) is 11.9 Å². The quantitative estimate of drug-likeness (QED) is 0.194. The van der Waals surface area contributed by atoms with Crippen LogP contribution in [0.5, 0.6) is 5.75 Å². The van der Waals surface area contributed by atoms with E-state index in [1.54, 1.807) is 0 Å². The Labute approximate surface area is 176 Å². The van der Waals surface area contributed by atoms with Crippen LogP contribution in [0.2, 0.25) is 0 Å². The number of nitrogens with one attached hydrogen (secondary N) is 1. The lowest BCUT2D eigenvalue weighted by molar-refractivity contribution is 0.128. The van der Waals surface area contributed by atoms with Crippen LogP contribution < -0.4 is 10.1 Å². The minimum atomic E-state index is 0. The number of aliphatic imine (C=N–C) groups is 1. The van der Waals surface area contributed by atoms with Gasteiger partial charge in [0.15, 0.2) is 5.96 Å². The smallest absolute Gasteiger partial charge is 0.193 e. The largest absolute Gasteiger partial charge is 0.489 e. The molecule has 1 aromatic carbocycles. The average molecular weight is 555 g/mol. The van der Waals surface area contributed by atoms with Crippen molar-refractivity contribution in [3.05, 3.63) is 40.0 Å². The van der Waals surface area contributed by atoms with Crippen molar-refractivity contribution in [3.63, 3.8) is 0 Å². The number of hydrogen-bond acceptors (Lipinski definition) is 2. The molecule has 0 unspecified atom stereocenters. The van der Waals surface area contributed by atoms with Crippen molar-refractivity contribution in [2.75, 3.05) is 26.7 Å². The average Bonchev–Trinajstić information content (AvgIpc) is 2.58. The monoisotopic (exact) mass is 555 g/mol. The van der Waals surface area contributed by atoms with Crippen molar-refractivity contribution in [3.8, 4) is 5.75 Å². The van der Waals surface area contributed by atoms with E-state index < -0.39 is 0 Å². The number of nitrogens with zero attached hydrogens (tertiary/aromatic N) is 2. The number of ether oxygens (including phenoxy) is 1. The topological polar surface area (TPSA) is 36.9 Å². The molecule has 1 N–H and O–H groups in total. The third-order valence-corrected chi connectivity index (χ3v) is 4.80. The van der Waals surface area contributed by atoms with E-state index in [4.69, 9.17) is 4.74 Å². The number of guanidine groups is 1. The minimum absolute atomic E-state index is 0. The predicted octanol–water partition coefficient (Wildman–Crippen LogP) is 4.29. The molecule has 1 fully saturated rings. The van der Waals surface area contributed by atoms with Gasteiger partial charge in [0.05, 0.1) is 3.57 Å². The number of piperidine rings is 1. The minimum Gasteiger partial charge on any atom is -0.489 e. The van der Waals surface area contributed by atoms with Crippen molar-refractivity contribution in [1.29, 1.82) is 0 Å². The fraction of sp³-hybridized carbons (Fsp3) is 0.500. The molecule has 1 saturated heterocycles. The number of para-hydroxylation sites is 1. The normalized spacial score (nSPS) is 16.1. The Morgan fingerprint density at radius 2 is 2.08 bits per heavy atom. The lowest BCUT2D eigenvalue weighted by atomic mass is 10.1. The van der Waals surface area contributed by atoms with Crippen LogP contribution in [0.1, 0.15) is 26.2 Å². The first-order valence-corrected chi connectivity index (χ1v) is 9.30. The molecule has 0 atom stereocenters. The van der Waals surface area contributed by atoms with Gasteiger partial charge in [-0.05, 0) is 48.1 Å². The van der Waals surface area contributed by atoms with E-state index in [2.05, 4.69) is 62.1 Å². The first kappa shape index (κ1) is 21.5. The highest BCUT2D eigenvalue weighted by Gasteiger charge is 2.22. The molecule has 6 heteroatoms. The molecular formula is C18H27I2N3O. The van der Waals surface area contributed by atoms with Gasteiger partial charge in [0.25, 0.3) is 0 Å². The van der Waals surface area contributed by atoms with Crippen LogP contribution in [-0.2, 0) is 0 Å². The van der Waals surface area contributed by atoms with Crippen molar-refractivity contribution in [1.82, 2.24) is 10.2 Å². The molecule has 0 aliphatic carbocycles. The second-order valence-corrected chi connectivity index (χ2v) is 6.73. The SMILES string of the molecule is C/C=C/CCNC(=NC)N1CCC(Oc2ccccc2I)CC1.I. The summed E-state index contributed by atoms with van der Waals surface area (Å²) in [5, 5.41) is 3.43. The van der Waals surface area contributed by atoms with Gasteiger partial charge < -0.3 is 15.0 Å². The second kappa shape index (κ2) is 11.9. The van der Waals surface area contributed by atoms with E-state index in [1.165, 1.54) is 3.57 Å². The number of benzene rings is 1. The van der Waals surface area contributed by atoms with Gasteiger partial charge in [-0.3, -0.25) is 4.99 Å². The van der Waals surface area contributed by atoms with E-state index in [0.29, 0.717) is 6.10 Å². The highest BCUT2D eigenvalue weighted by atomic mass is 127. The molecule has 0 bridgehead atoms. The molecule has 0 aromatic heterocycles. The second-order valence-electron chi connectivity index (χ2n) is 5.57. The summed E-state index contributed by atoms with van der Waals surface area (Å²) in [6.45, 7) is 4.94. The first-order chi connectivity index (χ1) is 11.2. The zero-order valence-electron chi connectivity index (χ0n) is 14.4. The zero-order chi connectivity index (χ0) is 16.5. The molecule has 0 radical (unpaired) electrons. The molecular weight excluding hydrogens is 528 g/mol. The van der Waals surface area contributed by atoms with Gasteiger partial charge in [-0.1, -0.05) is 24.3 Å². The molecule has 1 aliphatic heterocycles. The highest BCUT2D eigenvalue weighted by molar-refractivity contribution is 14.1. The molecule has 1 aliphatic rings. The summed E-state index contributed by atoms with van der Waals surface area (Å²) < 4.78 is 7.33. The first-order valence-electron chi connectivity index (χ1n) is 8.22. The van der Waals surface area contributed by atoms with E-state index in [1.807, 2.05) is 26.1 Å². The van der Waals surface area contributed by atoms with Crippen LogP contribution in [0, 0.1) is 3.57 Å². The van der Waals surface area contributed by atoms with E-state index in [-0.39, 0.29) is 24.0 Å². The Hall–Kier alpha value is -0.510. The van der Waals surface area contributed by atoms with Crippen LogP contribution >= 0.6 is 46.6 Å². The number of rotatable bonds is 5. The lowest BCUT2D eigenvalue weighted by Gasteiger charge is -2.34. The van der Waals surface area contributed by atoms with Crippen LogP contribution in [0.15, 0.2) is 41.4 Å². The summed E-state index contributed by atoms with van der Waals surface area (Å²) >= 11 is 2.33. The van der Waals surface area contributed by atoms with E-state index in [9.17, 15) is 0 Å². The van der Waals surface area contributed by atoms with Gasteiger partial charge >= 0.3 is 0 Å². The molecule has 4 nitrogen and oxygen atoms in total. The Kier molecular flexibility index (Phi) is 10.7. The van der Waals surface area contributed by atoms with Gasteiger partial charge in [-0.15, -0.1) is 24.0 Å². The summed E-state index contributed by atoms with van der Waals surface area (Å²) in [5.41, 5.74) is 0. The predicted molar refractivity (Wildman–Crippen MR) is 121 cm³/mol. The van der Waals surface area contributed by atoms with Gasteiger partial charge in [0.2, 0.25) is 0 Å². The third-order valence-electron chi connectivity index (χ3n) is 3.91. The highest BCUT2D eigenvalue weighted by Crippen LogP contribution is 2.24. The van der Waals surface area contributed by atoms with E-state index in [0.717, 1.165) is 50.6 Å². The van der Waals surface area contributed by atoms with Crippen LogP contribution in [-0.4, -0.2) is 43.6 Å². The number of halogens is 2. The maximum Gasteiger partial charge on any atom is 0.193 e. The van der Waals surface area contributed by atoms with Crippen molar-refractivity contribution >= 4 is 52.5 Å². The fourth-order valence-corrected chi connectivity index (χ4v) is 3.19. The van der Waals surface area contributed by atoms with Crippen molar-refractivity contribution < 1.29 is 4.74 Å².